The number of hydrogen-bond donors (Lipinski definition) is 0. The Kier molecular flexibility index (Phi) is 7.38. The van der Waals surface area contributed by atoms with Crippen LogP contribution in [0.4, 0.5) is 0 Å². The van der Waals surface area contributed by atoms with E-state index in [-0.39, 0.29) is 0 Å². The highest BCUT2D eigenvalue weighted by molar-refractivity contribution is 6.12. The second-order valence-electron chi connectivity index (χ2n) is 14.0. The average Bonchev–Trinajstić information content (AvgIpc) is 3.79. The zero-order valence-corrected chi connectivity index (χ0v) is 30.2. The van der Waals surface area contributed by atoms with E-state index in [2.05, 4.69) is 155 Å². The van der Waals surface area contributed by atoms with Gasteiger partial charge in [-0.1, -0.05) is 121 Å². The fourth-order valence-electron chi connectivity index (χ4n) is 8.02. The van der Waals surface area contributed by atoms with Gasteiger partial charge in [0.15, 0.2) is 17.5 Å². The summed E-state index contributed by atoms with van der Waals surface area (Å²) in [5.41, 5.74) is 11.4. The zero-order chi connectivity index (χ0) is 37.0. The molecule has 56 heavy (non-hydrogen) atoms. The molecule has 6 nitrogen and oxygen atoms in total. The molecule has 6 heteroatoms. The summed E-state index contributed by atoms with van der Waals surface area (Å²) in [5, 5.41) is 4.57. The van der Waals surface area contributed by atoms with Crippen LogP contribution in [0.15, 0.2) is 194 Å². The first-order valence-corrected chi connectivity index (χ1v) is 18.7. The first-order chi connectivity index (χ1) is 27.8. The Morgan fingerprint density at radius 1 is 0.304 bits per heavy atom. The molecule has 0 atom stereocenters. The Bertz CT molecular complexity index is 3190. The smallest absolute Gasteiger partial charge is 0.164 e. The van der Waals surface area contributed by atoms with Crippen LogP contribution in [0.5, 0.6) is 0 Å². The number of fused-ring (bicyclic) bond motifs is 6. The maximum atomic E-state index is 5.15. The number of benzene rings is 7. The number of pyridine rings is 1. The lowest BCUT2D eigenvalue weighted by atomic mass is 10.0. The average molecular weight is 717 g/mol. The molecule has 262 valence electrons. The molecule has 0 radical (unpaired) electrons. The van der Waals surface area contributed by atoms with E-state index in [1.807, 2.05) is 48.7 Å². The van der Waals surface area contributed by atoms with Crippen LogP contribution < -0.4 is 0 Å². The van der Waals surface area contributed by atoms with Gasteiger partial charge in [0.25, 0.3) is 0 Å². The van der Waals surface area contributed by atoms with Crippen molar-refractivity contribution < 1.29 is 0 Å². The molecule has 0 N–H and O–H groups in total. The lowest BCUT2D eigenvalue weighted by Gasteiger charge is -2.11. The summed E-state index contributed by atoms with van der Waals surface area (Å²) < 4.78 is 4.62. The second kappa shape index (κ2) is 13.0. The van der Waals surface area contributed by atoms with Gasteiger partial charge in [-0.05, 0) is 77.9 Å². The molecule has 0 aliphatic heterocycles. The fraction of sp³-hybridized carbons (Fsp3) is 0. The van der Waals surface area contributed by atoms with E-state index in [1.165, 1.54) is 5.39 Å². The summed E-state index contributed by atoms with van der Waals surface area (Å²) in [5.74, 6) is 1.88. The number of para-hydroxylation sites is 2. The highest BCUT2D eigenvalue weighted by Crippen LogP contribution is 2.38. The molecule has 0 aliphatic rings. The van der Waals surface area contributed by atoms with E-state index in [9.17, 15) is 0 Å². The lowest BCUT2D eigenvalue weighted by Crippen LogP contribution is -2.00. The Morgan fingerprint density at radius 3 is 1.68 bits per heavy atom. The summed E-state index contributed by atoms with van der Waals surface area (Å²) in [6.07, 6.45) is 1.87. The minimum atomic E-state index is 0.620. The van der Waals surface area contributed by atoms with Crippen LogP contribution in [0.3, 0.4) is 0 Å². The van der Waals surface area contributed by atoms with Crippen molar-refractivity contribution in [1.82, 2.24) is 29.1 Å². The minimum absolute atomic E-state index is 0.620. The van der Waals surface area contributed by atoms with Gasteiger partial charge in [-0.25, -0.2) is 19.9 Å². The maximum Gasteiger partial charge on any atom is 0.164 e. The van der Waals surface area contributed by atoms with Gasteiger partial charge in [-0.15, -0.1) is 0 Å². The van der Waals surface area contributed by atoms with Crippen molar-refractivity contribution >= 4 is 43.7 Å². The van der Waals surface area contributed by atoms with Crippen LogP contribution in [0.1, 0.15) is 0 Å². The van der Waals surface area contributed by atoms with Gasteiger partial charge in [0, 0.05) is 55.8 Å². The molecule has 11 aromatic rings. The summed E-state index contributed by atoms with van der Waals surface area (Å²) in [4.78, 5) is 20.1. The fourth-order valence-corrected chi connectivity index (χ4v) is 8.02. The van der Waals surface area contributed by atoms with E-state index < -0.39 is 0 Å². The van der Waals surface area contributed by atoms with Crippen LogP contribution in [-0.4, -0.2) is 29.1 Å². The van der Waals surface area contributed by atoms with Crippen molar-refractivity contribution in [3.8, 4) is 56.7 Å². The molecule has 0 aliphatic carbocycles. The number of aromatic nitrogens is 6. The minimum Gasteiger partial charge on any atom is -0.309 e. The molecule has 0 amide bonds. The molecule has 0 saturated carbocycles. The first-order valence-electron chi connectivity index (χ1n) is 18.7. The van der Waals surface area contributed by atoms with Crippen molar-refractivity contribution in [3.63, 3.8) is 0 Å². The molecule has 0 spiro atoms. The molecule has 11 rings (SSSR count). The quantitative estimate of drug-likeness (QED) is 0.172. The van der Waals surface area contributed by atoms with E-state index in [0.29, 0.717) is 17.5 Å². The molecule has 4 heterocycles. The predicted molar refractivity (Wildman–Crippen MR) is 228 cm³/mol. The summed E-state index contributed by atoms with van der Waals surface area (Å²) in [6, 6.07) is 65.5. The van der Waals surface area contributed by atoms with Gasteiger partial charge >= 0.3 is 0 Å². The van der Waals surface area contributed by atoms with Crippen LogP contribution >= 0.6 is 0 Å². The number of hydrogen-bond acceptors (Lipinski definition) is 4. The molecular weight excluding hydrogens is 685 g/mol. The van der Waals surface area contributed by atoms with Gasteiger partial charge in [0.2, 0.25) is 0 Å². The van der Waals surface area contributed by atoms with Gasteiger partial charge in [0.05, 0.1) is 16.6 Å². The molecule has 0 bridgehead atoms. The molecule has 7 aromatic carbocycles. The number of nitrogens with zero attached hydrogens (tertiary/aromatic N) is 6. The van der Waals surface area contributed by atoms with Crippen molar-refractivity contribution in [3.05, 3.63) is 194 Å². The third-order valence-electron chi connectivity index (χ3n) is 10.6. The van der Waals surface area contributed by atoms with Crippen molar-refractivity contribution in [2.45, 2.75) is 0 Å². The van der Waals surface area contributed by atoms with Gasteiger partial charge in [-0.2, -0.15) is 0 Å². The second-order valence-corrected chi connectivity index (χ2v) is 14.0. The molecule has 4 aromatic heterocycles. The maximum absolute atomic E-state index is 5.15. The van der Waals surface area contributed by atoms with E-state index in [4.69, 9.17) is 19.9 Å². The van der Waals surface area contributed by atoms with Crippen molar-refractivity contribution in [2.75, 3.05) is 0 Å². The predicted octanol–water partition coefficient (Wildman–Crippen LogP) is 12.1. The first kappa shape index (κ1) is 31.8. The lowest BCUT2D eigenvalue weighted by molar-refractivity contribution is 1.07. The van der Waals surface area contributed by atoms with Crippen LogP contribution in [-0.2, 0) is 0 Å². The zero-order valence-electron chi connectivity index (χ0n) is 30.2. The largest absolute Gasteiger partial charge is 0.309 e. The van der Waals surface area contributed by atoms with Gasteiger partial charge < -0.3 is 4.57 Å². The van der Waals surface area contributed by atoms with E-state index in [0.717, 1.165) is 77.5 Å². The Morgan fingerprint density at radius 2 is 0.893 bits per heavy atom. The Balaban J connectivity index is 1.12. The molecular formula is C50H32N6. The van der Waals surface area contributed by atoms with Gasteiger partial charge in [0.1, 0.15) is 5.65 Å². The van der Waals surface area contributed by atoms with Gasteiger partial charge in [-0.3, -0.25) is 4.57 Å². The SMILES string of the molecule is c1ccc(-c2cccc(-c3nc(-c4ccccc4)nc(-c4ccc5c(c4)c4ccc(-n6c7ccccc7c7cccnc76)cc4n5-c4ccccc4)n3)c2)cc1. The summed E-state index contributed by atoms with van der Waals surface area (Å²) >= 11 is 0. The van der Waals surface area contributed by atoms with Crippen LogP contribution in [0.2, 0.25) is 0 Å². The highest BCUT2D eigenvalue weighted by atomic mass is 15.1. The third kappa shape index (κ3) is 5.27. The van der Waals surface area contributed by atoms with E-state index >= 15 is 0 Å². The Hall–Kier alpha value is -7.70. The topological polar surface area (TPSA) is 61.4 Å². The molecule has 0 fully saturated rings. The summed E-state index contributed by atoms with van der Waals surface area (Å²) in [7, 11) is 0. The summed E-state index contributed by atoms with van der Waals surface area (Å²) in [6.45, 7) is 0. The molecule has 0 saturated heterocycles. The Labute approximate surface area is 322 Å². The van der Waals surface area contributed by atoms with Crippen LogP contribution in [0.25, 0.3) is 100 Å². The molecule has 0 unspecified atom stereocenters. The monoisotopic (exact) mass is 716 g/mol. The standard InChI is InChI=1S/C50H32N6/c1-4-14-33(15-5-1)35-18-12-19-36(30-35)48-52-47(34-16-6-2-7-17-34)53-49(54-48)37-25-28-45-43(31-37)41-27-26-39(32-46(41)55(45)38-20-8-3-9-21-38)56-44-24-11-10-22-40(44)42-23-13-29-51-50(42)56/h1-32H. The van der Waals surface area contributed by atoms with Crippen LogP contribution in [0, 0.1) is 0 Å². The van der Waals surface area contributed by atoms with Crippen molar-refractivity contribution in [1.29, 1.82) is 0 Å². The number of rotatable bonds is 6. The van der Waals surface area contributed by atoms with Crippen molar-refractivity contribution in [2.24, 2.45) is 0 Å². The highest BCUT2D eigenvalue weighted by Gasteiger charge is 2.19. The van der Waals surface area contributed by atoms with E-state index in [1.54, 1.807) is 0 Å². The normalized spacial score (nSPS) is 11.6. The third-order valence-corrected chi connectivity index (χ3v) is 10.6.